The molecular weight excluding hydrogens is 1070 g/mol. The summed E-state index contributed by atoms with van der Waals surface area (Å²) >= 11 is 0. The minimum absolute atomic E-state index is 0. The Bertz CT molecular complexity index is 3260. The summed E-state index contributed by atoms with van der Waals surface area (Å²) in [5, 5.41) is 2.73. The van der Waals surface area contributed by atoms with Gasteiger partial charge in [0, 0.05) is 90.6 Å². The summed E-state index contributed by atoms with van der Waals surface area (Å²) in [5.41, 5.74) is 3.17. The van der Waals surface area contributed by atoms with Crippen LogP contribution < -0.4 is 98.9 Å². The van der Waals surface area contributed by atoms with E-state index in [0.29, 0.717) is 64.3 Å². The molecular formula is C48H53N4Na3O15S4. The summed E-state index contributed by atoms with van der Waals surface area (Å²) in [5.74, 6) is -2.49. The number of nitrogens with zero attached hydrogens (tertiary/aromatic N) is 3. The maximum Gasteiger partial charge on any atom is 1.00 e. The quantitative estimate of drug-likeness (QED) is 0.0246. The molecule has 3 heterocycles. The van der Waals surface area contributed by atoms with Gasteiger partial charge in [0.2, 0.25) is 11.6 Å². The van der Waals surface area contributed by atoms with E-state index in [4.69, 9.17) is 0 Å². The fraction of sp³-hybridized carbons (Fsp3) is 0.375. The number of hydrogen-bond acceptors (Lipinski definition) is 16. The number of unbranched alkanes of at least 4 members (excludes halogenated alkanes) is 1. The van der Waals surface area contributed by atoms with Gasteiger partial charge in [0.15, 0.2) is 5.71 Å². The molecule has 0 saturated carbocycles. The van der Waals surface area contributed by atoms with E-state index in [-0.39, 0.29) is 140 Å². The van der Waals surface area contributed by atoms with Crippen molar-refractivity contribution in [2.45, 2.75) is 86.8 Å². The van der Waals surface area contributed by atoms with Crippen molar-refractivity contribution in [2.75, 3.05) is 42.6 Å². The second kappa shape index (κ2) is 26.3. The van der Waals surface area contributed by atoms with Gasteiger partial charge in [-0.2, -0.15) is 4.58 Å². The second-order valence-corrected chi connectivity index (χ2v) is 24.2. The van der Waals surface area contributed by atoms with Crippen LogP contribution in [-0.2, 0) is 72.1 Å². The minimum Gasteiger partial charge on any atom is -0.748 e. The molecule has 3 aliphatic heterocycles. The van der Waals surface area contributed by atoms with Gasteiger partial charge >= 0.3 is 88.7 Å². The first-order chi connectivity index (χ1) is 33.0. The molecule has 0 fully saturated rings. The van der Waals surface area contributed by atoms with Crippen molar-refractivity contribution in [1.29, 1.82) is 0 Å². The molecule has 382 valence electrons. The van der Waals surface area contributed by atoms with Gasteiger partial charge in [-0.25, -0.2) is 33.7 Å². The van der Waals surface area contributed by atoms with Crippen LogP contribution in [0, 0.1) is 0 Å². The zero-order valence-electron chi connectivity index (χ0n) is 42.3. The van der Waals surface area contributed by atoms with Gasteiger partial charge in [-0.05, 0) is 104 Å². The van der Waals surface area contributed by atoms with Gasteiger partial charge in [0.1, 0.15) is 26.8 Å². The number of aryl methyl sites for hydroxylation is 1. The second-order valence-electron chi connectivity index (χ2n) is 18.4. The Balaban J connectivity index is 0.00000481. The molecule has 1 N–H and O–H groups in total. The molecule has 0 unspecified atom stereocenters. The molecule has 0 radical (unpaired) electrons. The van der Waals surface area contributed by atoms with Crippen molar-refractivity contribution in [1.82, 2.24) is 10.2 Å². The topological polar surface area (TPSA) is 302 Å². The molecule has 0 atom stereocenters. The van der Waals surface area contributed by atoms with Crippen LogP contribution >= 0.6 is 0 Å². The molecule has 74 heavy (non-hydrogen) atoms. The minimum atomic E-state index is -4.88. The predicted octanol–water partition coefficient (Wildman–Crippen LogP) is -5.17. The van der Waals surface area contributed by atoms with E-state index in [2.05, 4.69) is 5.32 Å². The van der Waals surface area contributed by atoms with Crippen molar-refractivity contribution in [2.24, 2.45) is 0 Å². The maximum absolute atomic E-state index is 12.6. The van der Waals surface area contributed by atoms with Crippen LogP contribution in [0.5, 0.6) is 0 Å². The smallest absolute Gasteiger partial charge is 0.748 e. The van der Waals surface area contributed by atoms with E-state index in [1.807, 2.05) is 24.3 Å². The first kappa shape index (κ1) is 65.6. The Kier molecular flexibility index (Phi) is 23.3. The average Bonchev–Trinajstić information content (AvgIpc) is 3.78. The third kappa shape index (κ3) is 16.7. The molecule has 0 spiro atoms. The van der Waals surface area contributed by atoms with Gasteiger partial charge in [0.05, 0.1) is 35.4 Å². The van der Waals surface area contributed by atoms with E-state index < -0.39 is 84.4 Å². The molecule has 0 aromatic heterocycles. The van der Waals surface area contributed by atoms with E-state index in [0.717, 1.165) is 22.6 Å². The molecule has 26 heteroatoms. The number of anilines is 1. The maximum atomic E-state index is 12.6. The predicted molar refractivity (Wildman–Crippen MR) is 258 cm³/mol. The van der Waals surface area contributed by atoms with Crippen molar-refractivity contribution in [3.05, 3.63) is 125 Å². The summed E-state index contributed by atoms with van der Waals surface area (Å²) in [6.07, 6.45) is 11.1. The monoisotopic (exact) mass is 1120 g/mol. The first-order valence-corrected chi connectivity index (χ1v) is 28.4. The number of carbonyl (C=O) groups excluding carboxylic acids is 3. The van der Waals surface area contributed by atoms with E-state index >= 15 is 0 Å². The van der Waals surface area contributed by atoms with Crippen LogP contribution in [-0.4, -0.2) is 122 Å². The Labute approximate surface area is 499 Å². The van der Waals surface area contributed by atoms with Gasteiger partial charge in [0.25, 0.3) is 11.8 Å². The number of nitrogens with one attached hydrogen (secondary N) is 1. The van der Waals surface area contributed by atoms with Crippen molar-refractivity contribution >= 4 is 80.9 Å². The summed E-state index contributed by atoms with van der Waals surface area (Å²) in [6, 6.07) is 15.3. The number of hydrogen-bond donors (Lipinski definition) is 1. The van der Waals surface area contributed by atoms with Crippen LogP contribution in [0.25, 0.3) is 5.57 Å². The Morgan fingerprint density at radius 3 is 1.89 bits per heavy atom. The van der Waals surface area contributed by atoms with Crippen LogP contribution in [0.1, 0.15) is 82.1 Å². The Morgan fingerprint density at radius 1 is 0.689 bits per heavy atom. The van der Waals surface area contributed by atoms with Crippen LogP contribution in [0.4, 0.5) is 11.4 Å². The van der Waals surface area contributed by atoms with E-state index in [9.17, 15) is 66.3 Å². The molecule has 19 nitrogen and oxygen atoms in total. The number of fused-ring (bicyclic) bond motifs is 2. The summed E-state index contributed by atoms with van der Waals surface area (Å²) in [6.45, 7) is 7.38. The van der Waals surface area contributed by atoms with Crippen LogP contribution in [0.3, 0.4) is 0 Å². The average molecular weight is 1120 g/mol. The van der Waals surface area contributed by atoms with Crippen molar-refractivity contribution in [3.8, 4) is 0 Å². The van der Waals surface area contributed by atoms with Crippen molar-refractivity contribution in [3.63, 3.8) is 0 Å². The summed E-state index contributed by atoms with van der Waals surface area (Å²) in [4.78, 5) is 38.1. The number of carbonyl (C=O) groups is 3. The molecule has 3 aromatic carbocycles. The third-order valence-electron chi connectivity index (χ3n) is 12.6. The van der Waals surface area contributed by atoms with Gasteiger partial charge in [-0.15, -0.1) is 0 Å². The number of rotatable bonds is 22. The van der Waals surface area contributed by atoms with Crippen LogP contribution in [0.2, 0.25) is 0 Å². The normalized spacial score (nSPS) is 16.8. The molecule has 3 aromatic rings. The first-order valence-electron chi connectivity index (χ1n) is 22.5. The van der Waals surface area contributed by atoms with E-state index in [1.54, 1.807) is 61.5 Å². The zero-order chi connectivity index (χ0) is 52.3. The molecule has 0 saturated heterocycles. The van der Waals surface area contributed by atoms with Gasteiger partial charge < -0.3 is 28.4 Å². The standard InChI is InChI=1S/C48H56N4O15S4.3Na/c1-47(2)38-31-36(70(62,63)64)16-18-40(38)50(25-8-28-68(56,57)58)42(47)20-14-34(35-12-7-11-33(30-35)10-5-6-13-44(53)49-24-27-52-45(54)22-23-46(52)55)15-21-43-48(3,4)39-32-37(71(65,66)67)17-19-41(39)51(43)26-9-29-69(59,60)61;;;/h7,11-12,14-23,30-32H,5-6,8-10,13,24-29H2,1-4H3,(H4-,49,53,56,57,58,59,60,61,62,63,64,65,66,67);;;/q;3*+1/p-3. The number of amides is 3. The molecule has 0 bridgehead atoms. The SMILES string of the molecule is CC1(C)C(/C=C/C(=C/C=C2/N(CCCS(=O)(=O)[O-])c3ccc(S(=O)(=O)[O-])cc3C2(C)C)c2cccc(CCCCC(=O)NCCN3C(=O)C=CC3=O)c2)=[N+](CCCS(=O)(=O)[O-])c2ccc(S(=O)(=O)[O-])cc21.[Na+].[Na+].[Na+]. The Morgan fingerprint density at radius 2 is 1.28 bits per heavy atom. The van der Waals surface area contributed by atoms with Crippen LogP contribution in [0.15, 0.2) is 113 Å². The number of allylic oxidation sites excluding steroid dienone is 6. The largest absolute Gasteiger partial charge is 1.00 e. The van der Waals surface area contributed by atoms with E-state index in [1.165, 1.54) is 36.4 Å². The third-order valence-corrected chi connectivity index (χ3v) is 15.9. The number of imide groups is 1. The summed E-state index contributed by atoms with van der Waals surface area (Å²) < 4.78 is 145. The Hall–Kier alpha value is -2.66. The molecule has 3 amide bonds. The summed E-state index contributed by atoms with van der Waals surface area (Å²) in [7, 11) is -19.0. The van der Waals surface area contributed by atoms with Crippen molar-refractivity contribution < 1.29 is 160 Å². The molecule has 0 aliphatic carbocycles. The number of benzene rings is 3. The molecule has 6 rings (SSSR count). The van der Waals surface area contributed by atoms with Gasteiger partial charge in [-0.1, -0.05) is 44.2 Å². The molecule has 3 aliphatic rings. The fourth-order valence-electron chi connectivity index (χ4n) is 9.05. The fourth-order valence-corrected chi connectivity index (χ4v) is 11.0. The zero-order valence-corrected chi connectivity index (χ0v) is 51.6. The van der Waals surface area contributed by atoms with Gasteiger partial charge in [-0.3, -0.25) is 19.3 Å².